The van der Waals surface area contributed by atoms with Crippen LogP contribution < -0.4 is 0 Å². The zero-order valence-electron chi connectivity index (χ0n) is 7.34. The fourth-order valence-electron chi connectivity index (χ4n) is 1.61. The van der Waals surface area contributed by atoms with Crippen molar-refractivity contribution in [2.24, 2.45) is 5.92 Å². The number of rotatable bonds is 2. The van der Waals surface area contributed by atoms with Crippen LogP contribution in [0, 0.1) is 5.92 Å². The van der Waals surface area contributed by atoms with E-state index in [4.69, 9.17) is 17.0 Å². The maximum absolute atomic E-state index is 11.1. The Bertz CT molecular complexity index is 189. The summed E-state index contributed by atoms with van der Waals surface area (Å²) in [7, 11) is 1.59. The maximum Gasteiger partial charge on any atom is 0.159 e. The van der Waals surface area contributed by atoms with Crippen LogP contribution in [0.25, 0.3) is 0 Å². The van der Waals surface area contributed by atoms with Crippen LogP contribution in [0.4, 0.5) is 0 Å². The molecule has 0 saturated heterocycles. The molecular formula is C9H14O2S. The normalized spacial score (nSPS) is 23.8. The molecule has 0 N–H and O–H groups in total. The summed E-state index contributed by atoms with van der Waals surface area (Å²) in [6.45, 7) is 0. The lowest BCUT2D eigenvalue weighted by molar-refractivity contribution is -0.121. The molecule has 1 aliphatic carbocycles. The minimum Gasteiger partial charge on any atom is -0.490 e. The van der Waals surface area contributed by atoms with Crippen molar-refractivity contribution in [2.45, 2.75) is 32.1 Å². The van der Waals surface area contributed by atoms with Gasteiger partial charge < -0.3 is 4.74 Å². The predicted molar refractivity (Wildman–Crippen MR) is 51.2 cm³/mol. The first-order chi connectivity index (χ1) is 5.72. The largest absolute Gasteiger partial charge is 0.490 e. The first kappa shape index (κ1) is 9.65. The molecule has 0 heterocycles. The number of thiocarbonyl (C=S) groups is 1. The highest BCUT2D eigenvalue weighted by atomic mass is 32.1. The monoisotopic (exact) mass is 186 g/mol. The van der Waals surface area contributed by atoms with E-state index >= 15 is 0 Å². The van der Waals surface area contributed by atoms with Crippen LogP contribution in [-0.4, -0.2) is 17.9 Å². The summed E-state index contributed by atoms with van der Waals surface area (Å²) in [6, 6.07) is 0. The standard InChI is InChI=1S/C9H14O2S/c1-11-9(12)6-7-3-2-4-8(10)5-7/h7H,2-6H2,1H3. The number of methoxy groups -OCH3 is 1. The van der Waals surface area contributed by atoms with E-state index in [-0.39, 0.29) is 0 Å². The van der Waals surface area contributed by atoms with Gasteiger partial charge in [0.15, 0.2) is 5.05 Å². The Morgan fingerprint density at radius 1 is 1.75 bits per heavy atom. The van der Waals surface area contributed by atoms with Crippen molar-refractivity contribution in [3.05, 3.63) is 0 Å². The quantitative estimate of drug-likeness (QED) is 0.618. The third-order valence-electron chi connectivity index (χ3n) is 2.27. The lowest BCUT2D eigenvalue weighted by Crippen LogP contribution is -2.17. The van der Waals surface area contributed by atoms with Crippen molar-refractivity contribution in [1.82, 2.24) is 0 Å². The Morgan fingerprint density at radius 3 is 3.08 bits per heavy atom. The van der Waals surface area contributed by atoms with Gasteiger partial charge in [-0.3, -0.25) is 4.79 Å². The Morgan fingerprint density at radius 2 is 2.50 bits per heavy atom. The molecule has 0 aliphatic heterocycles. The van der Waals surface area contributed by atoms with Crippen molar-refractivity contribution in [3.63, 3.8) is 0 Å². The topological polar surface area (TPSA) is 26.3 Å². The van der Waals surface area contributed by atoms with Gasteiger partial charge >= 0.3 is 0 Å². The number of ketones is 1. The number of hydrogen-bond acceptors (Lipinski definition) is 3. The van der Waals surface area contributed by atoms with Gasteiger partial charge in [0.1, 0.15) is 5.78 Å². The highest BCUT2D eigenvalue weighted by Gasteiger charge is 2.20. The third kappa shape index (κ3) is 2.89. The van der Waals surface area contributed by atoms with Gasteiger partial charge in [0.2, 0.25) is 0 Å². The summed E-state index contributed by atoms with van der Waals surface area (Å²) in [6.07, 6.45) is 4.38. The molecule has 0 amide bonds. The fraction of sp³-hybridized carbons (Fsp3) is 0.778. The lowest BCUT2D eigenvalue weighted by Gasteiger charge is -2.20. The van der Waals surface area contributed by atoms with Crippen molar-refractivity contribution < 1.29 is 9.53 Å². The van der Waals surface area contributed by atoms with E-state index in [1.54, 1.807) is 7.11 Å². The van der Waals surface area contributed by atoms with E-state index in [1.807, 2.05) is 0 Å². The lowest BCUT2D eigenvalue weighted by atomic mass is 9.86. The maximum atomic E-state index is 11.1. The summed E-state index contributed by atoms with van der Waals surface area (Å²) < 4.78 is 4.91. The molecule has 1 saturated carbocycles. The molecule has 0 spiro atoms. The van der Waals surface area contributed by atoms with Crippen molar-refractivity contribution >= 4 is 23.1 Å². The van der Waals surface area contributed by atoms with Crippen LogP contribution in [0.1, 0.15) is 32.1 Å². The second-order valence-corrected chi connectivity index (χ2v) is 3.74. The molecule has 3 heteroatoms. The highest BCUT2D eigenvalue weighted by molar-refractivity contribution is 7.80. The molecule has 1 aliphatic rings. The molecule has 0 aromatic rings. The Labute approximate surface area is 78.3 Å². The summed E-state index contributed by atoms with van der Waals surface area (Å²) in [5.41, 5.74) is 0. The van der Waals surface area contributed by atoms with Gasteiger partial charge in [0.25, 0.3) is 0 Å². The van der Waals surface area contributed by atoms with Gasteiger partial charge in [-0.1, -0.05) is 0 Å². The first-order valence-corrected chi connectivity index (χ1v) is 4.71. The summed E-state index contributed by atoms with van der Waals surface area (Å²) in [4.78, 5) is 11.1. The van der Waals surface area contributed by atoms with Gasteiger partial charge in [0.05, 0.1) is 7.11 Å². The number of hydrogen-bond donors (Lipinski definition) is 0. The molecule has 1 atom stereocenters. The number of carbonyl (C=O) groups is 1. The van der Waals surface area contributed by atoms with E-state index in [9.17, 15) is 4.79 Å². The van der Waals surface area contributed by atoms with Gasteiger partial charge in [0, 0.05) is 19.3 Å². The van der Waals surface area contributed by atoms with E-state index in [1.165, 1.54) is 0 Å². The highest BCUT2D eigenvalue weighted by Crippen LogP contribution is 2.24. The van der Waals surface area contributed by atoms with E-state index in [0.29, 0.717) is 23.2 Å². The zero-order chi connectivity index (χ0) is 8.97. The molecule has 1 unspecified atom stereocenters. The summed E-state index contributed by atoms with van der Waals surface area (Å²) in [5, 5.41) is 0.634. The molecule has 0 bridgehead atoms. The van der Waals surface area contributed by atoms with Crippen LogP contribution in [0.5, 0.6) is 0 Å². The second-order valence-electron chi connectivity index (χ2n) is 3.28. The Balaban J connectivity index is 2.32. The van der Waals surface area contributed by atoms with Crippen LogP contribution in [0.2, 0.25) is 0 Å². The number of carbonyl (C=O) groups excluding carboxylic acids is 1. The number of Topliss-reactive ketones (excluding diaryl/α,β-unsaturated/α-hetero) is 1. The van der Waals surface area contributed by atoms with Gasteiger partial charge in [-0.05, 0) is 31.0 Å². The molecule has 0 radical (unpaired) electrons. The summed E-state index contributed by atoms with van der Waals surface area (Å²) in [5.74, 6) is 0.823. The Hall–Kier alpha value is -0.440. The Kier molecular flexibility index (Phi) is 3.66. The summed E-state index contributed by atoms with van der Waals surface area (Å²) >= 11 is 4.94. The van der Waals surface area contributed by atoms with Gasteiger partial charge in [-0.15, -0.1) is 0 Å². The molecule has 0 aromatic carbocycles. The second kappa shape index (κ2) is 4.55. The smallest absolute Gasteiger partial charge is 0.159 e. The van der Waals surface area contributed by atoms with E-state index in [2.05, 4.69) is 0 Å². The predicted octanol–water partition coefficient (Wildman–Crippen LogP) is 2.11. The van der Waals surface area contributed by atoms with Crippen LogP contribution >= 0.6 is 12.2 Å². The van der Waals surface area contributed by atoms with Crippen LogP contribution in [-0.2, 0) is 9.53 Å². The average molecular weight is 186 g/mol. The molecule has 0 aromatic heterocycles. The first-order valence-electron chi connectivity index (χ1n) is 4.31. The molecular weight excluding hydrogens is 172 g/mol. The third-order valence-corrected chi connectivity index (χ3v) is 2.60. The fourth-order valence-corrected chi connectivity index (χ4v) is 1.84. The molecule has 1 fully saturated rings. The SMILES string of the molecule is COC(=S)CC1CCCC(=O)C1. The van der Waals surface area contributed by atoms with Crippen molar-refractivity contribution in [3.8, 4) is 0 Å². The van der Waals surface area contributed by atoms with Crippen LogP contribution in [0.3, 0.4) is 0 Å². The average Bonchev–Trinajstić information content (AvgIpc) is 2.04. The molecule has 12 heavy (non-hydrogen) atoms. The molecule has 1 rings (SSSR count). The minimum absolute atomic E-state index is 0.380. The molecule has 68 valence electrons. The van der Waals surface area contributed by atoms with Crippen molar-refractivity contribution in [1.29, 1.82) is 0 Å². The number of ether oxygens (including phenoxy) is 1. The van der Waals surface area contributed by atoms with E-state index in [0.717, 1.165) is 25.7 Å². The van der Waals surface area contributed by atoms with Gasteiger partial charge in [-0.25, -0.2) is 0 Å². The minimum atomic E-state index is 0.380. The molecule has 2 nitrogen and oxygen atoms in total. The zero-order valence-corrected chi connectivity index (χ0v) is 8.15. The van der Waals surface area contributed by atoms with Crippen molar-refractivity contribution in [2.75, 3.05) is 7.11 Å². The van der Waals surface area contributed by atoms with Crippen LogP contribution in [0.15, 0.2) is 0 Å². The van der Waals surface area contributed by atoms with Gasteiger partial charge in [-0.2, -0.15) is 0 Å². The van der Waals surface area contributed by atoms with E-state index < -0.39 is 0 Å².